The van der Waals surface area contributed by atoms with E-state index in [1.54, 1.807) is 0 Å². The summed E-state index contributed by atoms with van der Waals surface area (Å²) in [5, 5.41) is 3.71. The van der Waals surface area contributed by atoms with Gasteiger partial charge >= 0.3 is 0 Å². The molecule has 0 bridgehead atoms. The van der Waals surface area contributed by atoms with Gasteiger partial charge in [-0.05, 0) is 37.0 Å². The number of carbonyl (C=O) groups excluding carboxylic acids is 1. The number of hydrogen-bond donors (Lipinski definition) is 2. The normalized spacial score (nSPS) is 33.5. The number of primary amides is 1. The summed E-state index contributed by atoms with van der Waals surface area (Å²) in [4.78, 5) is 12.3. The zero-order valence-corrected chi connectivity index (χ0v) is 12.8. The molecular weight excluding hydrogens is 236 g/mol. The molecule has 3 heteroatoms. The minimum Gasteiger partial charge on any atom is -0.368 e. The Morgan fingerprint density at radius 3 is 2.21 bits per heavy atom. The number of carbonyl (C=O) groups is 1. The molecule has 0 saturated heterocycles. The second-order valence-corrected chi connectivity index (χ2v) is 7.63. The highest BCUT2D eigenvalue weighted by atomic mass is 16.1. The van der Waals surface area contributed by atoms with Crippen LogP contribution in [0.1, 0.15) is 72.1 Å². The average molecular weight is 266 g/mol. The Kier molecular flexibility index (Phi) is 4.24. The predicted octanol–water partition coefficient (Wildman–Crippen LogP) is 2.98. The van der Waals surface area contributed by atoms with Gasteiger partial charge in [-0.1, -0.05) is 46.5 Å². The Bertz CT molecular complexity index is 328. The molecule has 110 valence electrons. The fourth-order valence-corrected chi connectivity index (χ4v) is 4.32. The van der Waals surface area contributed by atoms with Crippen molar-refractivity contribution in [3.8, 4) is 0 Å². The second-order valence-electron chi connectivity index (χ2n) is 7.63. The van der Waals surface area contributed by atoms with Crippen molar-refractivity contribution in [3.05, 3.63) is 0 Å². The summed E-state index contributed by atoms with van der Waals surface area (Å²) >= 11 is 0. The first-order chi connectivity index (χ1) is 8.86. The van der Waals surface area contributed by atoms with Gasteiger partial charge in [0.2, 0.25) is 5.91 Å². The molecule has 0 aromatic heterocycles. The smallest absolute Gasteiger partial charge is 0.238 e. The van der Waals surface area contributed by atoms with Gasteiger partial charge in [-0.3, -0.25) is 4.79 Å². The van der Waals surface area contributed by atoms with E-state index in [1.165, 1.54) is 32.1 Å². The number of amides is 1. The monoisotopic (exact) mass is 266 g/mol. The Hall–Kier alpha value is -0.570. The van der Waals surface area contributed by atoms with E-state index in [-0.39, 0.29) is 11.3 Å². The van der Waals surface area contributed by atoms with Gasteiger partial charge in [0.1, 0.15) is 5.54 Å². The van der Waals surface area contributed by atoms with Crippen molar-refractivity contribution in [2.45, 2.75) is 83.7 Å². The van der Waals surface area contributed by atoms with E-state index in [0.717, 1.165) is 19.3 Å². The van der Waals surface area contributed by atoms with Gasteiger partial charge < -0.3 is 11.1 Å². The molecule has 0 heterocycles. The molecule has 0 aromatic rings. The van der Waals surface area contributed by atoms with Crippen LogP contribution < -0.4 is 11.1 Å². The molecule has 1 amide bonds. The highest BCUT2D eigenvalue weighted by Gasteiger charge is 2.51. The maximum absolute atomic E-state index is 12.3. The van der Waals surface area contributed by atoms with E-state index in [4.69, 9.17) is 5.73 Å². The van der Waals surface area contributed by atoms with Gasteiger partial charge in [0.05, 0.1) is 0 Å². The van der Waals surface area contributed by atoms with E-state index in [0.29, 0.717) is 12.0 Å². The van der Waals surface area contributed by atoms with E-state index in [9.17, 15) is 4.79 Å². The number of nitrogens with two attached hydrogens (primary N) is 1. The predicted molar refractivity (Wildman–Crippen MR) is 78.7 cm³/mol. The number of rotatable bonds is 3. The van der Waals surface area contributed by atoms with Crippen LogP contribution in [-0.4, -0.2) is 17.5 Å². The lowest BCUT2D eigenvalue weighted by Crippen LogP contribution is -2.66. The van der Waals surface area contributed by atoms with E-state index >= 15 is 0 Å². The maximum Gasteiger partial charge on any atom is 0.238 e. The number of hydrogen-bond acceptors (Lipinski definition) is 2. The molecule has 19 heavy (non-hydrogen) atoms. The van der Waals surface area contributed by atoms with Crippen LogP contribution in [-0.2, 0) is 4.79 Å². The topological polar surface area (TPSA) is 55.1 Å². The molecule has 2 saturated carbocycles. The third-order valence-corrected chi connectivity index (χ3v) is 5.21. The molecule has 2 aliphatic carbocycles. The third kappa shape index (κ3) is 2.96. The molecule has 2 fully saturated rings. The van der Waals surface area contributed by atoms with Crippen molar-refractivity contribution in [1.29, 1.82) is 0 Å². The van der Waals surface area contributed by atoms with E-state index in [1.807, 2.05) is 0 Å². The van der Waals surface area contributed by atoms with Crippen LogP contribution in [0.3, 0.4) is 0 Å². The highest BCUT2D eigenvalue weighted by Crippen LogP contribution is 2.45. The maximum atomic E-state index is 12.3. The fourth-order valence-electron chi connectivity index (χ4n) is 4.32. The molecule has 2 atom stereocenters. The van der Waals surface area contributed by atoms with Gasteiger partial charge in [0, 0.05) is 6.04 Å². The molecular formula is C16H30N2O. The van der Waals surface area contributed by atoms with Gasteiger partial charge in [-0.2, -0.15) is 0 Å². The van der Waals surface area contributed by atoms with Crippen LogP contribution in [0.25, 0.3) is 0 Å². The lowest BCUT2D eigenvalue weighted by molar-refractivity contribution is -0.131. The summed E-state index contributed by atoms with van der Waals surface area (Å²) in [5.74, 6) is 0.228. The van der Waals surface area contributed by atoms with Crippen LogP contribution >= 0.6 is 0 Å². The molecule has 0 radical (unpaired) electrons. The first-order valence-electron chi connectivity index (χ1n) is 7.94. The van der Waals surface area contributed by atoms with Gasteiger partial charge in [0.25, 0.3) is 0 Å². The fraction of sp³-hybridized carbons (Fsp3) is 0.938. The van der Waals surface area contributed by atoms with Crippen LogP contribution in [0.5, 0.6) is 0 Å². The first-order valence-corrected chi connectivity index (χ1v) is 7.94. The van der Waals surface area contributed by atoms with Crippen LogP contribution in [0, 0.1) is 11.3 Å². The van der Waals surface area contributed by atoms with Crippen molar-refractivity contribution in [2.24, 2.45) is 17.1 Å². The molecule has 0 aromatic carbocycles. The molecule has 2 aliphatic rings. The molecule has 2 rings (SSSR count). The van der Waals surface area contributed by atoms with Gasteiger partial charge in [-0.15, -0.1) is 0 Å². The average Bonchev–Trinajstić information content (AvgIpc) is 2.80. The van der Waals surface area contributed by atoms with Crippen molar-refractivity contribution < 1.29 is 4.79 Å². The third-order valence-electron chi connectivity index (χ3n) is 5.21. The van der Waals surface area contributed by atoms with Gasteiger partial charge in [-0.25, -0.2) is 0 Å². The summed E-state index contributed by atoms with van der Waals surface area (Å²) in [6.07, 6.45) is 9.35. The molecule has 0 spiro atoms. The summed E-state index contributed by atoms with van der Waals surface area (Å²) in [6, 6.07) is 0.496. The summed E-state index contributed by atoms with van der Waals surface area (Å²) in [6.45, 7) is 6.74. The Morgan fingerprint density at radius 1 is 1.11 bits per heavy atom. The lowest BCUT2D eigenvalue weighted by atomic mass is 9.61. The molecule has 0 aliphatic heterocycles. The molecule has 3 nitrogen and oxygen atoms in total. The highest BCUT2D eigenvalue weighted by molar-refractivity contribution is 5.85. The Balaban J connectivity index is 2.25. The number of nitrogens with one attached hydrogen (secondary N) is 1. The van der Waals surface area contributed by atoms with Crippen molar-refractivity contribution in [2.75, 3.05) is 0 Å². The summed E-state index contributed by atoms with van der Waals surface area (Å²) in [5.41, 5.74) is 5.53. The van der Waals surface area contributed by atoms with Crippen LogP contribution in [0.2, 0.25) is 0 Å². The molecule has 3 N–H and O–H groups in total. The zero-order chi connectivity index (χ0) is 14.1. The second kappa shape index (κ2) is 5.43. The SMILES string of the molecule is CC(C)(C)C1CCCCC1(NC1CCCC1)C(N)=O. The first kappa shape index (κ1) is 14.8. The minimum atomic E-state index is -0.467. The van der Waals surface area contributed by atoms with Crippen molar-refractivity contribution >= 4 is 5.91 Å². The van der Waals surface area contributed by atoms with E-state index < -0.39 is 5.54 Å². The summed E-state index contributed by atoms with van der Waals surface area (Å²) in [7, 11) is 0. The van der Waals surface area contributed by atoms with Crippen molar-refractivity contribution in [1.82, 2.24) is 5.32 Å². The quantitative estimate of drug-likeness (QED) is 0.825. The zero-order valence-electron chi connectivity index (χ0n) is 12.8. The standard InChI is InChI=1S/C16H30N2O/c1-15(2,3)13-10-6-7-11-16(13,14(17)19)18-12-8-4-5-9-12/h12-13,18H,4-11H2,1-3H3,(H2,17,19). The van der Waals surface area contributed by atoms with Crippen molar-refractivity contribution in [3.63, 3.8) is 0 Å². The minimum absolute atomic E-state index is 0.126. The largest absolute Gasteiger partial charge is 0.368 e. The van der Waals surface area contributed by atoms with Crippen LogP contribution in [0.4, 0.5) is 0 Å². The summed E-state index contributed by atoms with van der Waals surface area (Å²) < 4.78 is 0. The van der Waals surface area contributed by atoms with E-state index in [2.05, 4.69) is 26.1 Å². The molecule has 2 unspecified atom stereocenters. The van der Waals surface area contributed by atoms with Gasteiger partial charge in [0.15, 0.2) is 0 Å². The Morgan fingerprint density at radius 2 is 1.68 bits per heavy atom. The van der Waals surface area contributed by atoms with Crippen LogP contribution in [0.15, 0.2) is 0 Å². The lowest BCUT2D eigenvalue weighted by Gasteiger charge is -2.49. The Labute approximate surface area is 117 Å².